The molecule has 6 heteroatoms. The smallest absolute Gasteiger partial charge is 0.127 e. The van der Waals surface area contributed by atoms with E-state index in [1.165, 1.54) is 0 Å². The van der Waals surface area contributed by atoms with E-state index < -0.39 is 0 Å². The summed E-state index contributed by atoms with van der Waals surface area (Å²) in [6.45, 7) is 2.87. The number of benzene rings is 1. The van der Waals surface area contributed by atoms with Crippen molar-refractivity contribution in [2.45, 2.75) is 19.5 Å². The summed E-state index contributed by atoms with van der Waals surface area (Å²) in [6, 6.07) is 5.81. The standard InChI is InChI=1S/C15H20BrN3O2/c1-5-19-15(12(16)9-18-19)14(17-2)11-7-6-10(20-3)8-13(11)21-4/h6-9,14,17H,5H2,1-4H3. The van der Waals surface area contributed by atoms with Crippen LogP contribution < -0.4 is 14.8 Å². The number of hydrogen-bond donors (Lipinski definition) is 1. The molecular weight excluding hydrogens is 334 g/mol. The molecule has 1 atom stereocenters. The molecule has 0 amide bonds. The van der Waals surface area contributed by atoms with Crippen LogP contribution in [0.15, 0.2) is 28.9 Å². The molecule has 2 aromatic rings. The van der Waals surface area contributed by atoms with Crippen LogP contribution in [0.4, 0.5) is 0 Å². The van der Waals surface area contributed by atoms with Gasteiger partial charge in [-0.25, -0.2) is 0 Å². The van der Waals surface area contributed by atoms with Gasteiger partial charge in [-0.05, 0) is 42.0 Å². The lowest BCUT2D eigenvalue weighted by Gasteiger charge is -2.21. The van der Waals surface area contributed by atoms with E-state index in [1.54, 1.807) is 14.2 Å². The van der Waals surface area contributed by atoms with E-state index >= 15 is 0 Å². The normalized spacial score (nSPS) is 12.2. The van der Waals surface area contributed by atoms with Crippen LogP contribution >= 0.6 is 15.9 Å². The first kappa shape index (κ1) is 15.9. The summed E-state index contributed by atoms with van der Waals surface area (Å²) < 4.78 is 13.7. The maximum atomic E-state index is 5.52. The summed E-state index contributed by atoms with van der Waals surface area (Å²) in [5.41, 5.74) is 2.11. The number of nitrogens with one attached hydrogen (secondary N) is 1. The van der Waals surface area contributed by atoms with Gasteiger partial charge in [0.15, 0.2) is 0 Å². The number of methoxy groups -OCH3 is 2. The third kappa shape index (κ3) is 3.06. The number of halogens is 1. The van der Waals surface area contributed by atoms with Gasteiger partial charge in [-0.2, -0.15) is 5.10 Å². The molecule has 21 heavy (non-hydrogen) atoms. The Morgan fingerprint density at radius 2 is 2.10 bits per heavy atom. The highest BCUT2D eigenvalue weighted by molar-refractivity contribution is 9.10. The maximum Gasteiger partial charge on any atom is 0.127 e. The Labute approximate surface area is 133 Å². The molecule has 1 unspecified atom stereocenters. The fraction of sp³-hybridized carbons (Fsp3) is 0.400. The molecule has 0 aliphatic rings. The van der Waals surface area contributed by atoms with Crippen molar-refractivity contribution in [1.29, 1.82) is 0 Å². The molecule has 5 nitrogen and oxygen atoms in total. The van der Waals surface area contributed by atoms with Crippen molar-refractivity contribution in [3.05, 3.63) is 40.1 Å². The molecule has 0 fully saturated rings. The minimum atomic E-state index is -0.0253. The summed E-state index contributed by atoms with van der Waals surface area (Å²) >= 11 is 3.58. The first-order chi connectivity index (χ1) is 10.2. The van der Waals surface area contributed by atoms with E-state index in [1.807, 2.05) is 36.1 Å². The van der Waals surface area contributed by atoms with Crippen LogP contribution in [-0.2, 0) is 6.54 Å². The van der Waals surface area contributed by atoms with Crippen LogP contribution in [-0.4, -0.2) is 31.0 Å². The van der Waals surface area contributed by atoms with E-state index in [2.05, 4.69) is 33.3 Å². The van der Waals surface area contributed by atoms with Crippen LogP contribution in [0, 0.1) is 0 Å². The Bertz CT molecular complexity index is 613. The van der Waals surface area contributed by atoms with Crippen molar-refractivity contribution in [3.8, 4) is 11.5 Å². The minimum Gasteiger partial charge on any atom is -0.497 e. The number of ether oxygens (including phenoxy) is 2. The molecule has 0 spiro atoms. The maximum absolute atomic E-state index is 5.52. The summed E-state index contributed by atoms with van der Waals surface area (Å²) in [6.07, 6.45) is 1.82. The third-order valence-electron chi connectivity index (χ3n) is 3.45. The molecule has 0 radical (unpaired) electrons. The van der Waals surface area contributed by atoms with Gasteiger partial charge in [-0.1, -0.05) is 0 Å². The number of rotatable bonds is 6. The first-order valence-electron chi connectivity index (χ1n) is 6.76. The van der Waals surface area contributed by atoms with Crippen LogP contribution in [0.5, 0.6) is 11.5 Å². The predicted octanol–water partition coefficient (Wildman–Crippen LogP) is 2.99. The van der Waals surface area contributed by atoms with Crippen LogP contribution in [0.25, 0.3) is 0 Å². The first-order valence-corrected chi connectivity index (χ1v) is 7.55. The summed E-state index contributed by atoms with van der Waals surface area (Å²) in [5, 5.41) is 7.72. The Balaban J connectivity index is 2.53. The van der Waals surface area contributed by atoms with Gasteiger partial charge in [-0.3, -0.25) is 4.68 Å². The Kier molecular flexibility index (Phi) is 5.25. The van der Waals surface area contributed by atoms with Crippen molar-refractivity contribution in [2.75, 3.05) is 21.3 Å². The molecule has 2 rings (SSSR count). The molecule has 1 aromatic heterocycles. The van der Waals surface area contributed by atoms with Gasteiger partial charge in [0.2, 0.25) is 0 Å². The summed E-state index contributed by atoms with van der Waals surface area (Å²) in [7, 11) is 5.23. The zero-order chi connectivity index (χ0) is 15.4. The van der Waals surface area contributed by atoms with Gasteiger partial charge in [0.25, 0.3) is 0 Å². The van der Waals surface area contributed by atoms with E-state index in [0.717, 1.165) is 33.8 Å². The zero-order valence-electron chi connectivity index (χ0n) is 12.7. The fourth-order valence-electron chi connectivity index (χ4n) is 2.41. The Morgan fingerprint density at radius 1 is 1.33 bits per heavy atom. The molecule has 0 aliphatic heterocycles. The van der Waals surface area contributed by atoms with Crippen LogP contribution in [0.1, 0.15) is 24.2 Å². The van der Waals surface area contributed by atoms with Gasteiger partial charge in [-0.15, -0.1) is 0 Å². The molecule has 114 valence electrons. The number of hydrogen-bond acceptors (Lipinski definition) is 4. The lowest BCUT2D eigenvalue weighted by Crippen LogP contribution is -2.22. The van der Waals surface area contributed by atoms with Gasteiger partial charge in [0.05, 0.1) is 36.6 Å². The average molecular weight is 354 g/mol. The number of aryl methyl sites for hydroxylation is 1. The van der Waals surface area contributed by atoms with E-state index in [-0.39, 0.29) is 6.04 Å². The lowest BCUT2D eigenvalue weighted by atomic mass is 10.0. The Morgan fingerprint density at radius 3 is 2.67 bits per heavy atom. The molecule has 0 bridgehead atoms. The monoisotopic (exact) mass is 353 g/mol. The Hall–Kier alpha value is -1.53. The lowest BCUT2D eigenvalue weighted by molar-refractivity contribution is 0.387. The van der Waals surface area contributed by atoms with Gasteiger partial charge in [0, 0.05) is 18.2 Å². The second-order valence-corrected chi connectivity index (χ2v) is 5.38. The van der Waals surface area contributed by atoms with Gasteiger partial charge in [0.1, 0.15) is 11.5 Å². The van der Waals surface area contributed by atoms with E-state index in [4.69, 9.17) is 9.47 Å². The minimum absolute atomic E-state index is 0.0253. The predicted molar refractivity (Wildman–Crippen MR) is 86.0 cm³/mol. The van der Waals surface area contributed by atoms with Crippen molar-refractivity contribution >= 4 is 15.9 Å². The highest BCUT2D eigenvalue weighted by Crippen LogP contribution is 2.35. The summed E-state index contributed by atoms with van der Waals surface area (Å²) in [5.74, 6) is 1.55. The fourth-order valence-corrected chi connectivity index (χ4v) is 2.93. The second kappa shape index (κ2) is 6.95. The molecular formula is C15H20BrN3O2. The highest BCUT2D eigenvalue weighted by atomic mass is 79.9. The van der Waals surface area contributed by atoms with Crippen molar-refractivity contribution in [3.63, 3.8) is 0 Å². The molecule has 1 aromatic carbocycles. The van der Waals surface area contributed by atoms with Gasteiger partial charge < -0.3 is 14.8 Å². The third-order valence-corrected chi connectivity index (χ3v) is 4.06. The van der Waals surface area contributed by atoms with Crippen LogP contribution in [0.2, 0.25) is 0 Å². The zero-order valence-corrected chi connectivity index (χ0v) is 14.3. The largest absolute Gasteiger partial charge is 0.497 e. The number of nitrogens with zero attached hydrogens (tertiary/aromatic N) is 2. The SMILES string of the molecule is CCn1ncc(Br)c1C(NC)c1ccc(OC)cc1OC. The second-order valence-electron chi connectivity index (χ2n) is 4.52. The van der Waals surface area contributed by atoms with Crippen LogP contribution in [0.3, 0.4) is 0 Å². The molecule has 1 heterocycles. The summed E-state index contributed by atoms with van der Waals surface area (Å²) in [4.78, 5) is 0. The van der Waals surface area contributed by atoms with Crippen molar-refractivity contribution in [2.24, 2.45) is 0 Å². The van der Waals surface area contributed by atoms with Gasteiger partial charge >= 0.3 is 0 Å². The quantitative estimate of drug-likeness (QED) is 0.867. The molecule has 0 aliphatic carbocycles. The molecule has 0 saturated heterocycles. The topological polar surface area (TPSA) is 48.3 Å². The molecule has 0 saturated carbocycles. The van der Waals surface area contributed by atoms with Crippen molar-refractivity contribution < 1.29 is 9.47 Å². The highest BCUT2D eigenvalue weighted by Gasteiger charge is 2.23. The van der Waals surface area contributed by atoms with E-state index in [9.17, 15) is 0 Å². The molecule has 1 N–H and O–H groups in total. The van der Waals surface area contributed by atoms with E-state index in [0.29, 0.717) is 0 Å². The average Bonchev–Trinajstić information content (AvgIpc) is 2.89. The number of aromatic nitrogens is 2. The van der Waals surface area contributed by atoms with Crippen molar-refractivity contribution in [1.82, 2.24) is 15.1 Å².